The number of aliphatic carboxylic acids is 1. The molecular formula is C13H16O4. The topological polar surface area (TPSA) is 55.8 Å². The number of hydrogen-bond acceptors (Lipinski definition) is 3. The van der Waals surface area contributed by atoms with Crippen LogP contribution in [0.1, 0.15) is 18.4 Å². The van der Waals surface area contributed by atoms with E-state index < -0.39 is 5.97 Å². The van der Waals surface area contributed by atoms with Crippen molar-refractivity contribution in [3.63, 3.8) is 0 Å². The largest absolute Gasteiger partial charge is 0.493 e. The third-order valence-corrected chi connectivity index (χ3v) is 2.75. The van der Waals surface area contributed by atoms with E-state index in [4.69, 9.17) is 14.6 Å². The van der Waals surface area contributed by atoms with Crippen LogP contribution in [-0.2, 0) is 11.2 Å². The summed E-state index contributed by atoms with van der Waals surface area (Å²) >= 11 is 0. The Balaban J connectivity index is 2.06. The molecule has 4 heteroatoms. The normalized spacial score (nSPS) is 14.4. The first-order chi connectivity index (χ1) is 8.19. The van der Waals surface area contributed by atoms with E-state index in [-0.39, 0.29) is 6.42 Å². The van der Waals surface area contributed by atoms with Gasteiger partial charge in [-0.15, -0.1) is 0 Å². The Morgan fingerprint density at radius 3 is 2.76 bits per heavy atom. The number of benzene rings is 1. The minimum atomic E-state index is -0.848. The molecule has 4 nitrogen and oxygen atoms in total. The Hall–Kier alpha value is -1.71. The molecule has 1 fully saturated rings. The van der Waals surface area contributed by atoms with Gasteiger partial charge < -0.3 is 14.6 Å². The molecule has 0 unspecified atom stereocenters. The van der Waals surface area contributed by atoms with Crippen molar-refractivity contribution < 1.29 is 19.4 Å². The molecule has 1 aromatic rings. The highest BCUT2D eigenvalue weighted by Crippen LogP contribution is 2.33. The second kappa shape index (κ2) is 5.08. The summed E-state index contributed by atoms with van der Waals surface area (Å²) in [7, 11) is 1.56. The summed E-state index contributed by atoms with van der Waals surface area (Å²) in [5.74, 6) is 1.12. The Morgan fingerprint density at radius 1 is 1.41 bits per heavy atom. The van der Waals surface area contributed by atoms with Crippen LogP contribution in [0.5, 0.6) is 11.5 Å². The Bertz CT molecular complexity index is 410. The van der Waals surface area contributed by atoms with Crippen LogP contribution in [0.15, 0.2) is 18.2 Å². The predicted molar refractivity (Wildman–Crippen MR) is 62.6 cm³/mol. The van der Waals surface area contributed by atoms with Crippen molar-refractivity contribution >= 4 is 5.97 Å². The molecule has 1 N–H and O–H groups in total. The molecule has 1 saturated carbocycles. The molecule has 0 aromatic heterocycles. The number of methoxy groups -OCH3 is 1. The molecule has 0 saturated heterocycles. The fourth-order valence-corrected chi connectivity index (χ4v) is 1.61. The molecule has 0 spiro atoms. The van der Waals surface area contributed by atoms with Crippen LogP contribution in [0.25, 0.3) is 0 Å². The van der Waals surface area contributed by atoms with E-state index in [2.05, 4.69) is 0 Å². The maximum Gasteiger partial charge on any atom is 0.307 e. The van der Waals surface area contributed by atoms with Crippen LogP contribution in [0.3, 0.4) is 0 Å². The van der Waals surface area contributed by atoms with Gasteiger partial charge in [0.05, 0.1) is 20.1 Å². The van der Waals surface area contributed by atoms with E-state index in [1.807, 2.05) is 0 Å². The predicted octanol–water partition coefficient (Wildman–Crippen LogP) is 2.11. The van der Waals surface area contributed by atoms with Crippen LogP contribution < -0.4 is 9.47 Å². The van der Waals surface area contributed by atoms with Crippen LogP contribution in [0.4, 0.5) is 0 Å². The monoisotopic (exact) mass is 236 g/mol. The van der Waals surface area contributed by atoms with Crippen molar-refractivity contribution in [1.29, 1.82) is 0 Å². The number of ether oxygens (including phenoxy) is 2. The van der Waals surface area contributed by atoms with Crippen molar-refractivity contribution in [3.05, 3.63) is 23.8 Å². The highest BCUT2D eigenvalue weighted by atomic mass is 16.5. The average Bonchev–Trinajstić information content (AvgIpc) is 3.10. The summed E-state index contributed by atoms with van der Waals surface area (Å²) in [5.41, 5.74) is 0.716. The quantitative estimate of drug-likeness (QED) is 0.821. The second-order valence-electron chi connectivity index (χ2n) is 4.31. The average molecular weight is 236 g/mol. The summed E-state index contributed by atoms with van der Waals surface area (Å²) in [4.78, 5) is 10.6. The van der Waals surface area contributed by atoms with E-state index in [9.17, 15) is 4.79 Å². The fourth-order valence-electron chi connectivity index (χ4n) is 1.61. The Kier molecular flexibility index (Phi) is 3.52. The molecule has 0 atom stereocenters. The highest BCUT2D eigenvalue weighted by molar-refractivity contribution is 5.70. The van der Waals surface area contributed by atoms with Crippen molar-refractivity contribution in [3.8, 4) is 11.5 Å². The van der Waals surface area contributed by atoms with Gasteiger partial charge in [-0.3, -0.25) is 4.79 Å². The molecule has 1 aliphatic carbocycles. The number of carboxylic acid groups (broad SMARTS) is 1. The van der Waals surface area contributed by atoms with Gasteiger partial charge in [0, 0.05) is 0 Å². The first-order valence-corrected chi connectivity index (χ1v) is 5.70. The lowest BCUT2D eigenvalue weighted by Gasteiger charge is -2.11. The summed E-state index contributed by atoms with van der Waals surface area (Å²) in [6.45, 7) is 0.717. The zero-order valence-electron chi connectivity index (χ0n) is 9.81. The zero-order valence-corrected chi connectivity index (χ0v) is 9.81. The summed E-state index contributed by atoms with van der Waals surface area (Å²) in [6.07, 6.45) is 2.47. The molecule has 17 heavy (non-hydrogen) atoms. The standard InChI is InChI=1S/C13H16O4/c1-16-12-6-10(7-13(14)15)4-5-11(12)17-8-9-2-3-9/h4-6,9H,2-3,7-8H2,1H3,(H,14,15). The van der Waals surface area contributed by atoms with Gasteiger partial charge in [0.15, 0.2) is 11.5 Å². The lowest BCUT2D eigenvalue weighted by atomic mass is 10.1. The molecule has 0 heterocycles. The van der Waals surface area contributed by atoms with E-state index >= 15 is 0 Å². The van der Waals surface area contributed by atoms with Crippen molar-refractivity contribution in [1.82, 2.24) is 0 Å². The summed E-state index contributed by atoms with van der Waals surface area (Å²) in [6, 6.07) is 5.26. The van der Waals surface area contributed by atoms with Gasteiger partial charge in [-0.2, -0.15) is 0 Å². The molecule has 0 radical (unpaired) electrons. The van der Waals surface area contributed by atoms with E-state index in [0.717, 1.165) is 0 Å². The maximum absolute atomic E-state index is 10.6. The van der Waals surface area contributed by atoms with Gasteiger partial charge >= 0.3 is 5.97 Å². The van der Waals surface area contributed by atoms with E-state index in [0.29, 0.717) is 29.6 Å². The first-order valence-electron chi connectivity index (χ1n) is 5.70. The molecule has 0 bridgehead atoms. The van der Waals surface area contributed by atoms with E-state index in [1.54, 1.807) is 25.3 Å². The minimum Gasteiger partial charge on any atom is -0.493 e. The van der Waals surface area contributed by atoms with Crippen LogP contribution in [-0.4, -0.2) is 24.8 Å². The van der Waals surface area contributed by atoms with Crippen molar-refractivity contribution in [2.75, 3.05) is 13.7 Å². The third kappa shape index (κ3) is 3.37. The number of rotatable bonds is 6. The zero-order chi connectivity index (χ0) is 12.3. The Morgan fingerprint density at radius 2 is 2.18 bits per heavy atom. The molecule has 0 aliphatic heterocycles. The Labute approximate surface area is 100 Å². The van der Waals surface area contributed by atoms with Crippen LogP contribution in [0, 0.1) is 5.92 Å². The van der Waals surface area contributed by atoms with Gasteiger partial charge in [0.25, 0.3) is 0 Å². The SMILES string of the molecule is COc1cc(CC(=O)O)ccc1OCC1CC1. The van der Waals surface area contributed by atoms with Crippen molar-refractivity contribution in [2.24, 2.45) is 5.92 Å². The smallest absolute Gasteiger partial charge is 0.307 e. The van der Waals surface area contributed by atoms with Gasteiger partial charge in [-0.1, -0.05) is 6.07 Å². The number of carbonyl (C=O) groups is 1. The lowest BCUT2D eigenvalue weighted by molar-refractivity contribution is -0.136. The fraction of sp³-hybridized carbons (Fsp3) is 0.462. The van der Waals surface area contributed by atoms with Gasteiger partial charge in [-0.05, 0) is 36.5 Å². The third-order valence-electron chi connectivity index (χ3n) is 2.75. The molecule has 1 aromatic carbocycles. The molecule has 92 valence electrons. The second-order valence-corrected chi connectivity index (χ2v) is 4.31. The molecule has 0 amide bonds. The van der Waals surface area contributed by atoms with Gasteiger partial charge in [0.1, 0.15) is 0 Å². The number of carboxylic acids is 1. The molecular weight excluding hydrogens is 220 g/mol. The summed E-state index contributed by atoms with van der Waals surface area (Å²) in [5, 5.41) is 8.71. The van der Waals surface area contributed by atoms with Crippen LogP contribution in [0.2, 0.25) is 0 Å². The van der Waals surface area contributed by atoms with Gasteiger partial charge in [0.2, 0.25) is 0 Å². The lowest BCUT2D eigenvalue weighted by Crippen LogP contribution is -2.03. The van der Waals surface area contributed by atoms with Gasteiger partial charge in [-0.25, -0.2) is 0 Å². The minimum absolute atomic E-state index is 0.000729. The molecule has 2 rings (SSSR count). The number of hydrogen-bond donors (Lipinski definition) is 1. The first kappa shape index (κ1) is 11.8. The highest BCUT2D eigenvalue weighted by Gasteiger charge is 2.22. The van der Waals surface area contributed by atoms with Crippen LogP contribution >= 0.6 is 0 Å². The maximum atomic E-state index is 10.6. The summed E-state index contributed by atoms with van der Waals surface area (Å²) < 4.78 is 10.8. The van der Waals surface area contributed by atoms with Crippen molar-refractivity contribution in [2.45, 2.75) is 19.3 Å². The molecule has 1 aliphatic rings. The van der Waals surface area contributed by atoms with E-state index in [1.165, 1.54) is 12.8 Å².